The molecule has 1 fully saturated rings. The molecule has 5 heteroatoms. The Balaban J connectivity index is 2.00. The fourth-order valence-corrected chi connectivity index (χ4v) is 1.88. The fourth-order valence-electron chi connectivity index (χ4n) is 1.59. The Bertz CT molecular complexity index is 380. The summed E-state index contributed by atoms with van der Waals surface area (Å²) in [6.45, 7) is 1.08. The average Bonchev–Trinajstić information content (AvgIpc) is 2.63. The number of carbonyl (C=O) groups excluding carboxylic acids is 1. The zero-order chi connectivity index (χ0) is 11.5. The van der Waals surface area contributed by atoms with E-state index in [4.69, 9.17) is 27.9 Å². The van der Waals surface area contributed by atoms with Crippen LogP contribution in [0, 0.1) is 0 Å². The molecule has 1 atom stereocenters. The first kappa shape index (κ1) is 11.6. The first-order chi connectivity index (χ1) is 7.69. The molecule has 1 amide bonds. The predicted molar refractivity (Wildman–Crippen MR) is 62.9 cm³/mol. The van der Waals surface area contributed by atoms with Gasteiger partial charge in [0.25, 0.3) is 0 Å². The van der Waals surface area contributed by atoms with Gasteiger partial charge in [-0.3, -0.25) is 0 Å². The number of hydrogen-bond acceptors (Lipinski definition) is 2. The van der Waals surface area contributed by atoms with E-state index in [1.165, 1.54) is 0 Å². The van der Waals surface area contributed by atoms with Crippen LogP contribution in [-0.2, 0) is 11.3 Å². The Labute approximate surface area is 104 Å². The number of halogens is 2. The lowest BCUT2D eigenvalue weighted by atomic mass is 10.2. The van der Waals surface area contributed by atoms with Gasteiger partial charge in [0.1, 0.15) is 6.10 Å². The van der Waals surface area contributed by atoms with E-state index < -0.39 is 0 Å². The van der Waals surface area contributed by atoms with E-state index in [-0.39, 0.29) is 12.2 Å². The standard InChI is InChI=1S/C11H11Cl2NO2/c12-5-10-7-14(11(15)16-10)6-8-1-3-9(13)4-2-8/h1-4,10H,5-7H2. The molecular formula is C11H11Cl2NO2. The van der Waals surface area contributed by atoms with Crippen molar-refractivity contribution in [1.82, 2.24) is 4.90 Å². The molecule has 0 aliphatic carbocycles. The van der Waals surface area contributed by atoms with E-state index in [9.17, 15) is 4.79 Å². The van der Waals surface area contributed by atoms with Gasteiger partial charge >= 0.3 is 6.09 Å². The third kappa shape index (κ3) is 2.60. The summed E-state index contributed by atoms with van der Waals surface area (Å²) in [4.78, 5) is 13.1. The Morgan fingerprint density at radius 1 is 1.38 bits per heavy atom. The molecule has 0 bridgehead atoms. The van der Waals surface area contributed by atoms with E-state index in [1.807, 2.05) is 12.1 Å². The van der Waals surface area contributed by atoms with Gasteiger partial charge in [0.2, 0.25) is 0 Å². The topological polar surface area (TPSA) is 29.5 Å². The maximum absolute atomic E-state index is 11.4. The molecule has 16 heavy (non-hydrogen) atoms. The second-order valence-electron chi connectivity index (χ2n) is 3.67. The second kappa shape index (κ2) is 4.93. The monoisotopic (exact) mass is 259 g/mol. The molecule has 1 aliphatic rings. The number of cyclic esters (lactones) is 1. The average molecular weight is 260 g/mol. The summed E-state index contributed by atoms with van der Waals surface area (Å²) >= 11 is 11.4. The van der Waals surface area contributed by atoms with Crippen molar-refractivity contribution < 1.29 is 9.53 Å². The van der Waals surface area contributed by atoms with Crippen LogP contribution in [0.5, 0.6) is 0 Å². The highest BCUT2D eigenvalue weighted by Gasteiger charge is 2.30. The molecule has 1 aromatic rings. The van der Waals surface area contributed by atoms with Crippen molar-refractivity contribution in [3.63, 3.8) is 0 Å². The molecule has 1 heterocycles. The molecule has 1 unspecified atom stereocenters. The van der Waals surface area contributed by atoms with Gasteiger partial charge in [-0.2, -0.15) is 0 Å². The number of hydrogen-bond donors (Lipinski definition) is 0. The highest BCUT2D eigenvalue weighted by molar-refractivity contribution is 6.30. The molecule has 1 aliphatic heterocycles. The van der Waals surface area contributed by atoms with Crippen LogP contribution < -0.4 is 0 Å². The van der Waals surface area contributed by atoms with Gasteiger partial charge in [0.15, 0.2) is 0 Å². The van der Waals surface area contributed by atoms with Crippen molar-refractivity contribution >= 4 is 29.3 Å². The van der Waals surface area contributed by atoms with Crippen molar-refractivity contribution in [1.29, 1.82) is 0 Å². The molecule has 0 radical (unpaired) electrons. The molecule has 1 aromatic carbocycles. The number of ether oxygens (including phenoxy) is 1. The minimum absolute atomic E-state index is 0.193. The highest BCUT2D eigenvalue weighted by Crippen LogP contribution is 2.17. The number of benzene rings is 1. The minimum Gasteiger partial charge on any atom is -0.443 e. The molecule has 0 spiro atoms. The summed E-state index contributed by atoms with van der Waals surface area (Å²) in [7, 11) is 0. The van der Waals surface area contributed by atoms with Gasteiger partial charge in [0.05, 0.1) is 12.4 Å². The lowest BCUT2D eigenvalue weighted by Crippen LogP contribution is -2.24. The van der Waals surface area contributed by atoms with Crippen molar-refractivity contribution in [2.45, 2.75) is 12.6 Å². The van der Waals surface area contributed by atoms with Crippen LogP contribution in [0.2, 0.25) is 5.02 Å². The maximum Gasteiger partial charge on any atom is 0.410 e. The number of amides is 1. The molecular weight excluding hydrogens is 249 g/mol. The van der Waals surface area contributed by atoms with E-state index in [2.05, 4.69) is 0 Å². The smallest absolute Gasteiger partial charge is 0.410 e. The van der Waals surface area contributed by atoms with Crippen molar-refractivity contribution in [2.24, 2.45) is 0 Å². The predicted octanol–water partition coefficient (Wildman–Crippen LogP) is 2.90. The second-order valence-corrected chi connectivity index (χ2v) is 4.41. The molecule has 2 rings (SSSR count). The van der Waals surface area contributed by atoms with Crippen LogP contribution in [0.3, 0.4) is 0 Å². The van der Waals surface area contributed by atoms with Crippen LogP contribution in [0.15, 0.2) is 24.3 Å². The molecule has 0 saturated carbocycles. The normalized spacial score (nSPS) is 20.0. The van der Waals surface area contributed by atoms with Crippen molar-refractivity contribution in [3.8, 4) is 0 Å². The Kier molecular flexibility index (Phi) is 3.56. The van der Waals surface area contributed by atoms with Crippen LogP contribution in [0.1, 0.15) is 5.56 Å². The van der Waals surface area contributed by atoms with Crippen LogP contribution in [0.4, 0.5) is 4.79 Å². The maximum atomic E-state index is 11.4. The summed E-state index contributed by atoms with van der Waals surface area (Å²) in [6, 6.07) is 7.39. The van der Waals surface area contributed by atoms with Crippen LogP contribution in [-0.4, -0.2) is 29.5 Å². The quantitative estimate of drug-likeness (QED) is 0.782. The van der Waals surface area contributed by atoms with Crippen molar-refractivity contribution in [2.75, 3.05) is 12.4 Å². The summed E-state index contributed by atoms with van der Waals surface area (Å²) in [5.74, 6) is 0.336. The van der Waals surface area contributed by atoms with E-state index in [0.29, 0.717) is 24.0 Å². The third-order valence-corrected chi connectivity index (χ3v) is 3.00. The summed E-state index contributed by atoms with van der Waals surface area (Å²) in [5.41, 5.74) is 1.02. The lowest BCUT2D eigenvalue weighted by molar-refractivity contribution is 0.138. The minimum atomic E-state index is -0.305. The van der Waals surface area contributed by atoms with Gasteiger partial charge in [-0.1, -0.05) is 23.7 Å². The SMILES string of the molecule is O=C1OC(CCl)CN1Cc1ccc(Cl)cc1. The van der Waals surface area contributed by atoms with Gasteiger partial charge in [0, 0.05) is 11.6 Å². The molecule has 3 nitrogen and oxygen atoms in total. The highest BCUT2D eigenvalue weighted by atomic mass is 35.5. The van der Waals surface area contributed by atoms with Gasteiger partial charge < -0.3 is 9.64 Å². The summed E-state index contributed by atoms with van der Waals surface area (Å²) in [6.07, 6.45) is -0.498. The first-order valence-corrected chi connectivity index (χ1v) is 5.86. The number of alkyl halides is 1. The molecule has 1 saturated heterocycles. The lowest BCUT2D eigenvalue weighted by Gasteiger charge is -2.12. The van der Waals surface area contributed by atoms with E-state index >= 15 is 0 Å². The van der Waals surface area contributed by atoms with E-state index in [1.54, 1.807) is 17.0 Å². The Morgan fingerprint density at radius 2 is 2.06 bits per heavy atom. The largest absolute Gasteiger partial charge is 0.443 e. The Hall–Kier alpha value is -0.930. The number of carbonyl (C=O) groups is 1. The molecule has 86 valence electrons. The van der Waals surface area contributed by atoms with Crippen LogP contribution >= 0.6 is 23.2 Å². The number of rotatable bonds is 3. The summed E-state index contributed by atoms with van der Waals surface area (Å²) in [5, 5.41) is 0.686. The first-order valence-electron chi connectivity index (χ1n) is 4.95. The third-order valence-electron chi connectivity index (χ3n) is 2.41. The zero-order valence-electron chi connectivity index (χ0n) is 8.53. The van der Waals surface area contributed by atoms with Gasteiger partial charge in [-0.05, 0) is 17.7 Å². The Morgan fingerprint density at radius 3 is 2.62 bits per heavy atom. The summed E-state index contributed by atoms with van der Waals surface area (Å²) < 4.78 is 5.05. The zero-order valence-corrected chi connectivity index (χ0v) is 10.0. The molecule has 0 aromatic heterocycles. The van der Waals surface area contributed by atoms with Gasteiger partial charge in [-0.15, -0.1) is 11.6 Å². The van der Waals surface area contributed by atoms with E-state index in [0.717, 1.165) is 5.56 Å². The molecule has 0 N–H and O–H groups in total. The number of nitrogens with zero attached hydrogens (tertiary/aromatic N) is 1. The van der Waals surface area contributed by atoms with Crippen molar-refractivity contribution in [3.05, 3.63) is 34.9 Å². The van der Waals surface area contributed by atoms with Crippen LogP contribution in [0.25, 0.3) is 0 Å². The van der Waals surface area contributed by atoms with Gasteiger partial charge in [-0.25, -0.2) is 4.79 Å². The fraction of sp³-hybridized carbons (Fsp3) is 0.364.